The fourth-order valence-electron chi connectivity index (χ4n) is 3.36. The lowest BCUT2D eigenvalue weighted by atomic mass is 9.98. The van der Waals surface area contributed by atoms with Crippen molar-refractivity contribution in [3.05, 3.63) is 44.7 Å². The Labute approximate surface area is 142 Å². The summed E-state index contributed by atoms with van der Waals surface area (Å²) < 4.78 is 2.44. The second-order valence-corrected chi connectivity index (χ2v) is 7.74. The van der Waals surface area contributed by atoms with Gasteiger partial charge in [0.15, 0.2) is 0 Å². The van der Waals surface area contributed by atoms with E-state index in [1.165, 1.54) is 29.2 Å². The first-order valence-electron chi connectivity index (χ1n) is 7.86. The Kier molecular flexibility index (Phi) is 4.00. The summed E-state index contributed by atoms with van der Waals surface area (Å²) in [7, 11) is 0. The van der Waals surface area contributed by atoms with E-state index in [2.05, 4.69) is 15.3 Å². The number of aromatic nitrogens is 3. The lowest BCUT2D eigenvalue weighted by molar-refractivity contribution is 0.332. The smallest absolute Gasteiger partial charge is 0.271 e. The van der Waals surface area contributed by atoms with Crippen LogP contribution in [0.25, 0.3) is 10.2 Å². The quantitative estimate of drug-likeness (QED) is 0.771. The van der Waals surface area contributed by atoms with Crippen LogP contribution in [0.1, 0.15) is 30.7 Å². The van der Waals surface area contributed by atoms with Crippen LogP contribution in [0.5, 0.6) is 0 Å². The Morgan fingerprint density at radius 3 is 2.87 bits per heavy atom. The van der Waals surface area contributed by atoms with Crippen molar-refractivity contribution >= 4 is 32.9 Å². The first kappa shape index (κ1) is 15.0. The van der Waals surface area contributed by atoms with Crippen molar-refractivity contribution in [3.63, 3.8) is 0 Å². The second kappa shape index (κ2) is 6.14. The van der Waals surface area contributed by atoms with Crippen LogP contribution in [0.3, 0.4) is 0 Å². The number of hydrogen-bond donors (Lipinski definition) is 1. The normalized spacial score (nSPS) is 17.0. The van der Waals surface area contributed by atoms with Crippen LogP contribution in [-0.4, -0.2) is 21.1 Å². The van der Waals surface area contributed by atoms with Gasteiger partial charge in [0.25, 0.3) is 5.56 Å². The van der Waals surface area contributed by atoms with Crippen LogP contribution in [0, 0.1) is 0 Å². The predicted octanol–water partition coefficient (Wildman–Crippen LogP) is 2.97. The van der Waals surface area contributed by atoms with E-state index in [0.29, 0.717) is 6.54 Å². The molecule has 3 aromatic heterocycles. The largest absolute Gasteiger partial charge is 0.304 e. The van der Waals surface area contributed by atoms with E-state index in [9.17, 15) is 4.79 Å². The van der Waals surface area contributed by atoms with Crippen molar-refractivity contribution in [1.29, 1.82) is 0 Å². The van der Waals surface area contributed by atoms with Crippen LogP contribution in [0.2, 0.25) is 0 Å². The van der Waals surface area contributed by atoms with Gasteiger partial charge in [-0.2, -0.15) is 0 Å². The Bertz CT molecular complexity index is 846. The zero-order chi connectivity index (χ0) is 15.7. The molecule has 1 fully saturated rings. The fraction of sp³-hybridized carbons (Fsp3) is 0.438. The molecule has 0 aromatic carbocycles. The van der Waals surface area contributed by atoms with E-state index in [0.717, 1.165) is 29.6 Å². The van der Waals surface area contributed by atoms with Gasteiger partial charge in [-0.05, 0) is 24.3 Å². The van der Waals surface area contributed by atoms with Crippen LogP contribution < -0.4 is 10.9 Å². The molecule has 7 heteroatoms. The molecule has 1 saturated carbocycles. The summed E-state index contributed by atoms with van der Waals surface area (Å²) in [6.45, 7) is 1.38. The first-order valence-corrected chi connectivity index (χ1v) is 9.62. The van der Waals surface area contributed by atoms with Gasteiger partial charge in [0.05, 0.1) is 17.4 Å². The molecular formula is C16H18N4OS2. The van der Waals surface area contributed by atoms with Gasteiger partial charge in [-0.1, -0.05) is 12.8 Å². The van der Waals surface area contributed by atoms with Crippen molar-refractivity contribution in [2.75, 3.05) is 6.54 Å². The number of nitrogens with zero attached hydrogens (tertiary/aromatic N) is 3. The summed E-state index contributed by atoms with van der Waals surface area (Å²) in [6, 6.07) is 1.89. The van der Waals surface area contributed by atoms with Crippen molar-refractivity contribution in [2.24, 2.45) is 0 Å². The molecule has 0 unspecified atom stereocenters. The van der Waals surface area contributed by atoms with E-state index in [-0.39, 0.29) is 11.1 Å². The Morgan fingerprint density at radius 2 is 2.09 bits per heavy atom. The molecule has 0 spiro atoms. The molecule has 1 aliphatic rings. The third-order valence-corrected chi connectivity index (χ3v) is 6.42. The molecule has 120 valence electrons. The van der Waals surface area contributed by atoms with Gasteiger partial charge in [-0.25, -0.2) is 9.97 Å². The van der Waals surface area contributed by atoms with Crippen molar-refractivity contribution in [3.8, 4) is 0 Å². The van der Waals surface area contributed by atoms with Crippen LogP contribution in [-0.2, 0) is 12.1 Å². The molecule has 0 atom stereocenters. The monoisotopic (exact) mass is 346 g/mol. The van der Waals surface area contributed by atoms with Crippen LogP contribution >= 0.6 is 22.7 Å². The fourth-order valence-corrected chi connectivity index (χ4v) is 5.03. The molecule has 1 N–H and O–H groups in total. The highest BCUT2D eigenvalue weighted by Crippen LogP contribution is 2.39. The summed E-state index contributed by atoms with van der Waals surface area (Å²) >= 11 is 3.18. The standard InChI is InChI=1S/C16H18N4OS2/c21-14-13-12(3-9-22-13)18-11-20(14)8-6-19-16(4-1-2-5-16)15-17-7-10-23-15/h3,7,9-11,19H,1-2,4-6,8H2. The molecule has 23 heavy (non-hydrogen) atoms. The molecule has 0 radical (unpaired) electrons. The summed E-state index contributed by atoms with van der Waals surface area (Å²) in [5.41, 5.74) is 0.846. The Balaban J connectivity index is 1.50. The maximum atomic E-state index is 12.4. The zero-order valence-electron chi connectivity index (χ0n) is 12.7. The highest BCUT2D eigenvalue weighted by atomic mass is 32.1. The van der Waals surface area contributed by atoms with Crippen molar-refractivity contribution < 1.29 is 0 Å². The summed E-state index contributed by atoms with van der Waals surface area (Å²) in [6.07, 6.45) is 8.24. The number of rotatable bonds is 5. The summed E-state index contributed by atoms with van der Waals surface area (Å²) in [5.74, 6) is 0. The summed E-state index contributed by atoms with van der Waals surface area (Å²) in [4.78, 5) is 21.3. The third kappa shape index (κ3) is 2.73. The molecule has 0 bridgehead atoms. The molecule has 3 aromatic rings. The average molecular weight is 346 g/mol. The maximum absolute atomic E-state index is 12.4. The molecule has 5 nitrogen and oxygen atoms in total. The Hall–Kier alpha value is -1.57. The minimum Gasteiger partial charge on any atom is -0.304 e. The SMILES string of the molecule is O=c1c2sccc2ncn1CCNC1(c2nccs2)CCCC1. The summed E-state index contributed by atoms with van der Waals surface area (Å²) in [5, 5.41) is 8.81. The van der Waals surface area contributed by atoms with Gasteiger partial charge in [0.2, 0.25) is 0 Å². The molecule has 0 aliphatic heterocycles. The highest BCUT2D eigenvalue weighted by Gasteiger charge is 2.37. The van der Waals surface area contributed by atoms with E-state index in [1.807, 2.05) is 23.0 Å². The lowest BCUT2D eigenvalue weighted by Crippen LogP contribution is -2.42. The van der Waals surface area contributed by atoms with Gasteiger partial charge >= 0.3 is 0 Å². The number of nitrogens with one attached hydrogen (secondary N) is 1. The molecular weight excluding hydrogens is 328 g/mol. The van der Waals surface area contributed by atoms with Gasteiger partial charge in [0, 0.05) is 24.7 Å². The predicted molar refractivity (Wildman–Crippen MR) is 94.1 cm³/mol. The molecule has 3 heterocycles. The van der Waals surface area contributed by atoms with E-state index < -0.39 is 0 Å². The van der Waals surface area contributed by atoms with E-state index >= 15 is 0 Å². The zero-order valence-corrected chi connectivity index (χ0v) is 14.3. The minimum absolute atomic E-state index is 0.00175. The van der Waals surface area contributed by atoms with Crippen molar-refractivity contribution in [2.45, 2.75) is 37.8 Å². The van der Waals surface area contributed by atoms with Crippen LogP contribution in [0.15, 0.2) is 34.1 Å². The van der Waals surface area contributed by atoms with Gasteiger partial charge in [-0.3, -0.25) is 9.36 Å². The van der Waals surface area contributed by atoms with Gasteiger partial charge < -0.3 is 5.32 Å². The maximum Gasteiger partial charge on any atom is 0.271 e. The average Bonchev–Trinajstić information content (AvgIpc) is 3.31. The third-order valence-electron chi connectivity index (χ3n) is 4.55. The van der Waals surface area contributed by atoms with Crippen LogP contribution in [0.4, 0.5) is 0 Å². The molecule has 0 amide bonds. The van der Waals surface area contributed by atoms with E-state index in [4.69, 9.17) is 0 Å². The molecule has 1 aliphatic carbocycles. The number of hydrogen-bond acceptors (Lipinski definition) is 6. The number of thiazole rings is 1. The minimum atomic E-state index is -0.00175. The lowest BCUT2D eigenvalue weighted by Gasteiger charge is -2.28. The number of fused-ring (bicyclic) bond motifs is 1. The highest BCUT2D eigenvalue weighted by molar-refractivity contribution is 7.17. The van der Waals surface area contributed by atoms with Gasteiger partial charge in [0.1, 0.15) is 9.71 Å². The van der Waals surface area contributed by atoms with E-state index in [1.54, 1.807) is 22.2 Å². The molecule has 0 saturated heterocycles. The molecule has 4 rings (SSSR count). The van der Waals surface area contributed by atoms with Crippen molar-refractivity contribution in [1.82, 2.24) is 19.9 Å². The number of thiophene rings is 1. The Morgan fingerprint density at radius 1 is 1.22 bits per heavy atom. The topological polar surface area (TPSA) is 59.8 Å². The second-order valence-electron chi connectivity index (χ2n) is 5.93. The first-order chi connectivity index (χ1) is 11.3. The van der Waals surface area contributed by atoms with Gasteiger partial charge in [-0.15, -0.1) is 22.7 Å².